The van der Waals surface area contributed by atoms with Gasteiger partial charge in [0.25, 0.3) is 0 Å². The molecule has 0 saturated carbocycles. The fourth-order valence-corrected chi connectivity index (χ4v) is 2.59. The van der Waals surface area contributed by atoms with Crippen LogP contribution in [0.5, 0.6) is 0 Å². The van der Waals surface area contributed by atoms with Crippen LogP contribution in [0, 0.1) is 0 Å². The van der Waals surface area contributed by atoms with Crippen LogP contribution in [-0.4, -0.2) is 26.4 Å². The van der Waals surface area contributed by atoms with E-state index in [1.807, 2.05) is 41.0 Å². The predicted molar refractivity (Wildman–Crippen MR) is 87.4 cm³/mol. The summed E-state index contributed by atoms with van der Waals surface area (Å²) in [5.74, 6) is -0.165. The Hall–Kier alpha value is -2.95. The Balaban J connectivity index is 2.18. The lowest BCUT2D eigenvalue weighted by atomic mass is 10.1. The first-order valence-corrected chi connectivity index (χ1v) is 7.34. The maximum Gasteiger partial charge on any atom is 0.305 e. The molecule has 0 bridgehead atoms. The van der Waals surface area contributed by atoms with Crippen LogP contribution in [0.15, 0.2) is 48.5 Å². The number of carboxylic acids is 1. The molecule has 0 aliphatic heterocycles. The fraction of sp³-hybridized carbons (Fsp3) is 0.167. The van der Waals surface area contributed by atoms with Gasteiger partial charge in [-0.1, -0.05) is 30.3 Å². The second-order valence-corrected chi connectivity index (χ2v) is 5.36. The number of benzene rings is 2. The summed E-state index contributed by atoms with van der Waals surface area (Å²) in [4.78, 5) is 27.1. The van der Waals surface area contributed by atoms with Crippen molar-refractivity contribution in [1.29, 1.82) is 0 Å². The first-order valence-electron chi connectivity index (χ1n) is 7.34. The van der Waals surface area contributed by atoms with E-state index in [4.69, 9.17) is 5.11 Å². The van der Waals surface area contributed by atoms with Gasteiger partial charge in [-0.25, -0.2) is 4.98 Å². The standard InChI is InChI=1S/C18H16N2O3/c1-12(21)14-7-8-16-15(11-14)19-18(13-5-3-2-4-6-13)20(16)10-9-17(22)23/h2-8,11H,9-10H2,1H3,(H,22,23). The molecule has 0 aliphatic carbocycles. The second-order valence-electron chi connectivity index (χ2n) is 5.36. The third-order valence-corrected chi connectivity index (χ3v) is 3.74. The molecule has 0 spiro atoms. The Labute approximate surface area is 133 Å². The van der Waals surface area contributed by atoms with Crippen molar-refractivity contribution in [3.05, 3.63) is 54.1 Å². The van der Waals surface area contributed by atoms with Crippen molar-refractivity contribution in [2.24, 2.45) is 0 Å². The van der Waals surface area contributed by atoms with Gasteiger partial charge in [-0.05, 0) is 25.1 Å². The lowest BCUT2D eigenvalue weighted by Gasteiger charge is -2.08. The summed E-state index contributed by atoms with van der Waals surface area (Å²) in [6.45, 7) is 1.84. The number of carbonyl (C=O) groups excluding carboxylic acids is 1. The van der Waals surface area contributed by atoms with Gasteiger partial charge in [-0.3, -0.25) is 9.59 Å². The van der Waals surface area contributed by atoms with Gasteiger partial charge in [0.05, 0.1) is 17.5 Å². The molecule has 5 heteroatoms. The Morgan fingerprint density at radius 2 is 1.87 bits per heavy atom. The summed E-state index contributed by atoms with van der Waals surface area (Å²) in [5, 5.41) is 8.98. The average molecular weight is 308 g/mol. The second kappa shape index (κ2) is 6.04. The lowest BCUT2D eigenvalue weighted by Crippen LogP contribution is -2.06. The highest BCUT2D eigenvalue weighted by atomic mass is 16.4. The summed E-state index contributed by atoms with van der Waals surface area (Å²) in [7, 11) is 0. The summed E-state index contributed by atoms with van der Waals surface area (Å²) in [6.07, 6.45) is 0.0136. The number of nitrogens with zero attached hydrogens (tertiary/aromatic N) is 2. The van der Waals surface area contributed by atoms with Crippen molar-refractivity contribution in [2.45, 2.75) is 19.9 Å². The number of fused-ring (bicyclic) bond motifs is 1. The van der Waals surface area contributed by atoms with E-state index in [1.54, 1.807) is 12.1 Å². The van der Waals surface area contributed by atoms with Crippen molar-refractivity contribution < 1.29 is 14.7 Å². The monoisotopic (exact) mass is 308 g/mol. The van der Waals surface area contributed by atoms with Crippen molar-refractivity contribution in [3.8, 4) is 11.4 Å². The molecule has 3 rings (SSSR count). The van der Waals surface area contributed by atoms with Gasteiger partial charge in [-0.2, -0.15) is 0 Å². The SMILES string of the molecule is CC(=O)c1ccc2c(c1)nc(-c1ccccc1)n2CCC(=O)O. The van der Waals surface area contributed by atoms with Crippen LogP contribution >= 0.6 is 0 Å². The van der Waals surface area contributed by atoms with Crippen LogP contribution < -0.4 is 0 Å². The number of Topliss-reactive ketones (excluding diaryl/α,β-unsaturated/α-hetero) is 1. The largest absolute Gasteiger partial charge is 0.481 e. The number of ketones is 1. The number of hydrogen-bond acceptors (Lipinski definition) is 3. The molecular weight excluding hydrogens is 292 g/mol. The van der Waals surface area contributed by atoms with Gasteiger partial charge in [0, 0.05) is 17.7 Å². The van der Waals surface area contributed by atoms with Crippen LogP contribution in [0.1, 0.15) is 23.7 Å². The van der Waals surface area contributed by atoms with E-state index in [0.717, 1.165) is 11.1 Å². The van der Waals surface area contributed by atoms with Crippen LogP contribution in [0.2, 0.25) is 0 Å². The average Bonchev–Trinajstić information content (AvgIpc) is 2.91. The van der Waals surface area contributed by atoms with E-state index >= 15 is 0 Å². The summed E-state index contributed by atoms with van der Waals surface area (Å²) in [5.41, 5.74) is 3.04. The van der Waals surface area contributed by atoms with Crippen LogP contribution in [0.25, 0.3) is 22.4 Å². The van der Waals surface area contributed by atoms with Gasteiger partial charge >= 0.3 is 5.97 Å². The molecular formula is C18H16N2O3. The third kappa shape index (κ3) is 2.99. The maximum atomic E-state index is 11.6. The summed E-state index contributed by atoms with van der Waals surface area (Å²) in [6, 6.07) is 14.9. The minimum absolute atomic E-state index is 0.0136. The maximum absolute atomic E-state index is 11.6. The topological polar surface area (TPSA) is 72.2 Å². The molecule has 5 nitrogen and oxygen atoms in total. The molecule has 23 heavy (non-hydrogen) atoms. The molecule has 0 amide bonds. The highest BCUT2D eigenvalue weighted by molar-refractivity contribution is 5.97. The van der Waals surface area contributed by atoms with E-state index < -0.39 is 5.97 Å². The first kappa shape index (κ1) is 15.0. The molecule has 0 atom stereocenters. The van der Waals surface area contributed by atoms with Gasteiger partial charge in [0.2, 0.25) is 0 Å². The number of carbonyl (C=O) groups is 2. The lowest BCUT2D eigenvalue weighted by molar-refractivity contribution is -0.137. The molecule has 0 saturated heterocycles. The van der Waals surface area contributed by atoms with Crippen molar-refractivity contribution in [1.82, 2.24) is 9.55 Å². The number of carboxylic acid groups (broad SMARTS) is 1. The smallest absolute Gasteiger partial charge is 0.305 e. The Kier molecular flexibility index (Phi) is 3.93. The van der Waals surface area contributed by atoms with E-state index in [1.165, 1.54) is 6.92 Å². The number of aromatic nitrogens is 2. The molecule has 1 heterocycles. The quantitative estimate of drug-likeness (QED) is 0.733. The van der Waals surface area contributed by atoms with Gasteiger partial charge in [-0.15, -0.1) is 0 Å². The normalized spacial score (nSPS) is 10.8. The minimum atomic E-state index is -0.855. The number of aryl methyl sites for hydroxylation is 1. The molecule has 1 aromatic heterocycles. The molecule has 0 radical (unpaired) electrons. The van der Waals surface area contributed by atoms with Crippen molar-refractivity contribution >= 4 is 22.8 Å². The van der Waals surface area contributed by atoms with Crippen LogP contribution in [-0.2, 0) is 11.3 Å². The van der Waals surface area contributed by atoms with Crippen molar-refractivity contribution in [3.63, 3.8) is 0 Å². The Morgan fingerprint density at radius 3 is 2.52 bits per heavy atom. The number of imidazole rings is 1. The highest BCUT2D eigenvalue weighted by Crippen LogP contribution is 2.26. The number of rotatable bonds is 5. The van der Waals surface area contributed by atoms with E-state index in [-0.39, 0.29) is 12.2 Å². The van der Waals surface area contributed by atoms with Gasteiger partial charge in [0.1, 0.15) is 5.82 Å². The molecule has 2 aromatic carbocycles. The number of hydrogen-bond donors (Lipinski definition) is 1. The zero-order chi connectivity index (χ0) is 16.4. The van der Waals surface area contributed by atoms with Gasteiger partial charge in [0.15, 0.2) is 5.78 Å². The van der Waals surface area contributed by atoms with E-state index in [9.17, 15) is 9.59 Å². The zero-order valence-corrected chi connectivity index (χ0v) is 12.7. The van der Waals surface area contributed by atoms with E-state index in [2.05, 4.69) is 4.98 Å². The Morgan fingerprint density at radius 1 is 1.13 bits per heavy atom. The fourth-order valence-electron chi connectivity index (χ4n) is 2.59. The van der Waals surface area contributed by atoms with Crippen molar-refractivity contribution in [2.75, 3.05) is 0 Å². The molecule has 3 aromatic rings. The minimum Gasteiger partial charge on any atom is -0.481 e. The zero-order valence-electron chi connectivity index (χ0n) is 12.7. The van der Waals surface area contributed by atoms with E-state index in [0.29, 0.717) is 23.4 Å². The molecule has 0 aliphatic rings. The van der Waals surface area contributed by atoms with Crippen LogP contribution in [0.4, 0.5) is 0 Å². The molecule has 0 fully saturated rings. The first-order chi connectivity index (χ1) is 11.1. The summed E-state index contributed by atoms with van der Waals surface area (Å²) < 4.78 is 1.89. The third-order valence-electron chi connectivity index (χ3n) is 3.74. The summed E-state index contributed by atoms with van der Waals surface area (Å²) >= 11 is 0. The van der Waals surface area contributed by atoms with Crippen LogP contribution in [0.3, 0.4) is 0 Å². The number of aliphatic carboxylic acids is 1. The molecule has 0 unspecified atom stereocenters. The predicted octanol–water partition coefficient (Wildman–Crippen LogP) is 3.38. The Bertz CT molecular complexity index is 882. The molecule has 1 N–H and O–H groups in total. The highest BCUT2D eigenvalue weighted by Gasteiger charge is 2.14. The molecule has 116 valence electrons. The van der Waals surface area contributed by atoms with Gasteiger partial charge < -0.3 is 9.67 Å².